The summed E-state index contributed by atoms with van der Waals surface area (Å²) >= 11 is 0. The molecular weight excluding hydrogens is 198 g/mol. The fraction of sp³-hybridized carbons (Fsp3) is 0.462. The van der Waals surface area contributed by atoms with Crippen molar-refractivity contribution in [2.75, 3.05) is 13.1 Å². The van der Waals surface area contributed by atoms with Crippen molar-refractivity contribution in [3.8, 4) is 6.07 Å². The smallest absolute Gasteiger partial charge is 0.0953 e. The van der Waals surface area contributed by atoms with E-state index in [2.05, 4.69) is 37.0 Å². The number of nitrogens with zero attached hydrogens (tertiary/aromatic N) is 2. The summed E-state index contributed by atoms with van der Waals surface area (Å²) in [6, 6.07) is 2.26. The van der Waals surface area contributed by atoms with Crippen molar-refractivity contribution in [3.05, 3.63) is 34.7 Å². The van der Waals surface area contributed by atoms with Gasteiger partial charge in [0.1, 0.15) is 0 Å². The van der Waals surface area contributed by atoms with Crippen LogP contribution in [0.25, 0.3) is 0 Å². The molecule has 0 aromatic carbocycles. The van der Waals surface area contributed by atoms with E-state index >= 15 is 0 Å². The molecule has 0 atom stereocenters. The summed E-state index contributed by atoms with van der Waals surface area (Å²) in [7, 11) is 0. The second-order valence-electron chi connectivity index (χ2n) is 3.91. The summed E-state index contributed by atoms with van der Waals surface area (Å²) in [6.07, 6.45) is 4.89. The summed E-state index contributed by atoms with van der Waals surface area (Å²) in [5.41, 5.74) is 9.75. The molecule has 3 heteroatoms. The summed E-state index contributed by atoms with van der Waals surface area (Å²) in [5.74, 6) is 0. The van der Waals surface area contributed by atoms with Gasteiger partial charge in [-0.15, -0.1) is 0 Å². The van der Waals surface area contributed by atoms with Gasteiger partial charge in [-0.25, -0.2) is 0 Å². The quantitative estimate of drug-likeness (QED) is 0.738. The highest BCUT2D eigenvalue weighted by Gasteiger charge is 2.14. The predicted molar refractivity (Wildman–Crippen MR) is 66.2 cm³/mol. The van der Waals surface area contributed by atoms with Crippen LogP contribution in [0.3, 0.4) is 0 Å². The number of hydrogen-bond donors (Lipinski definition) is 1. The third kappa shape index (κ3) is 2.53. The third-order valence-electron chi connectivity index (χ3n) is 2.77. The van der Waals surface area contributed by atoms with Gasteiger partial charge in [-0.2, -0.15) is 5.26 Å². The Hall–Kier alpha value is -1.53. The molecule has 0 amide bonds. The highest BCUT2D eigenvalue weighted by Crippen LogP contribution is 2.24. The molecule has 1 heterocycles. The molecule has 2 N–H and O–H groups in total. The molecule has 1 aliphatic rings. The highest BCUT2D eigenvalue weighted by atomic mass is 15.1. The van der Waals surface area contributed by atoms with Crippen molar-refractivity contribution in [2.45, 2.75) is 27.2 Å². The van der Waals surface area contributed by atoms with Crippen LogP contribution in [0.2, 0.25) is 0 Å². The van der Waals surface area contributed by atoms with Gasteiger partial charge in [0.25, 0.3) is 0 Å². The SMILES string of the molecule is CCC(C#N)=C1C=C(C)N(CCN)C(C)=C1. The summed E-state index contributed by atoms with van der Waals surface area (Å²) < 4.78 is 0. The Morgan fingerprint density at radius 1 is 1.38 bits per heavy atom. The van der Waals surface area contributed by atoms with Gasteiger partial charge < -0.3 is 10.6 Å². The minimum atomic E-state index is 0.633. The van der Waals surface area contributed by atoms with Gasteiger partial charge in [-0.1, -0.05) is 6.92 Å². The number of nitriles is 1. The van der Waals surface area contributed by atoms with Crippen molar-refractivity contribution < 1.29 is 0 Å². The van der Waals surface area contributed by atoms with Crippen molar-refractivity contribution in [2.24, 2.45) is 5.73 Å². The van der Waals surface area contributed by atoms with E-state index in [1.54, 1.807) is 0 Å². The van der Waals surface area contributed by atoms with E-state index in [4.69, 9.17) is 11.0 Å². The topological polar surface area (TPSA) is 53.0 Å². The molecule has 0 fully saturated rings. The van der Waals surface area contributed by atoms with Crippen LogP contribution in [0.4, 0.5) is 0 Å². The minimum absolute atomic E-state index is 0.633. The lowest BCUT2D eigenvalue weighted by molar-refractivity contribution is 0.433. The van der Waals surface area contributed by atoms with Crippen LogP contribution in [0.5, 0.6) is 0 Å². The van der Waals surface area contributed by atoms with E-state index in [1.807, 2.05) is 6.92 Å². The molecule has 0 radical (unpaired) electrons. The zero-order valence-corrected chi connectivity index (χ0v) is 10.2. The molecular formula is C13H19N3. The molecule has 16 heavy (non-hydrogen) atoms. The molecule has 0 aromatic rings. The lowest BCUT2D eigenvalue weighted by Crippen LogP contribution is -2.28. The Balaban J connectivity index is 3.08. The predicted octanol–water partition coefficient (Wildman–Crippen LogP) is 2.30. The van der Waals surface area contributed by atoms with Gasteiger partial charge in [0.15, 0.2) is 0 Å². The van der Waals surface area contributed by atoms with Crippen LogP contribution in [-0.2, 0) is 0 Å². The lowest BCUT2D eigenvalue weighted by Gasteiger charge is -2.29. The van der Waals surface area contributed by atoms with E-state index in [0.717, 1.165) is 35.5 Å². The molecule has 0 saturated carbocycles. The van der Waals surface area contributed by atoms with Crippen molar-refractivity contribution in [1.29, 1.82) is 5.26 Å². The van der Waals surface area contributed by atoms with Crippen LogP contribution < -0.4 is 5.73 Å². The maximum Gasteiger partial charge on any atom is 0.0953 e. The Morgan fingerprint density at radius 2 is 1.94 bits per heavy atom. The van der Waals surface area contributed by atoms with Crippen LogP contribution in [0, 0.1) is 11.3 Å². The molecule has 0 saturated heterocycles. The third-order valence-corrected chi connectivity index (χ3v) is 2.77. The number of allylic oxidation sites excluding steroid dienone is 6. The first-order chi connectivity index (χ1) is 7.63. The Kier molecular flexibility index (Phi) is 4.33. The van der Waals surface area contributed by atoms with Gasteiger partial charge >= 0.3 is 0 Å². The van der Waals surface area contributed by atoms with E-state index in [-0.39, 0.29) is 0 Å². The van der Waals surface area contributed by atoms with Gasteiger partial charge in [0.2, 0.25) is 0 Å². The molecule has 0 spiro atoms. The van der Waals surface area contributed by atoms with Gasteiger partial charge in [-0.3, -0.25) is 0 Å². The zero-order chi connectivity index (χ0) is 12.1. The van der Waals surface area contributed by atoms with Crippen molar-refractivity contribution in [1.82, 2.24) is 4.90 Å². The standard InChI is InChI=1S/C13H19N3/c1-4-12(9-15)13-7-10(2)16(6-5-14)11(3)8-13/h7-8H,4-6,14H2,1-3H3. The Bertz CT molecular complexity index is 372. The van der Waals surface area contributed by atoms with E-state index < -0.39 is 0 Å². The van der Waals surface area contributed by atoms with E-state index in [9.17, 15) is 0 Å². The van der Waals surface area contributed by atoms with Crippen molar-refractivity contribution >= 4 is 0 Å². The lowest BCUT2D eigenvalue weighted by atomic mass is 10.0. The second kappa shape index (κ2) is 5.53. The molecule has 1 rings (SSSR count). The first kappa shape index (κ1) is 12.5. The van der Waals surface area contributed by atoms with Gasteiger partial charge in [-0.05, 0) is 38.0 Å². The van der Waals surface area contributed by atoms with Gasteiger partial charge in [0, 0.05) is 30.1 Å². The zero-order valence-electron chi connectivity index (χ0n) is 10.2. The number of nitrogens with two attached hydrogens (primary N) is 1. The normalized spacial score (nSPS) is 15.4. The molecule has 0 aromatic heterocycles. The first-order valence-corrected chi connectivity index (χ1v) is 5.61. The van der Waals surface area contributed by atoms with E-state index in [0.29, 0.717) is 6.54 Å². The maximum absolute atomic E-state index is 9.02. The average Bonchev–Trinajstić information content (AvgIpc) is 2.25. The maximum atomic E-state index is 9.02. The van der Waals surface area contributed by atoms with Crippen LogP contribution in [-0.4, -0.2) is 18.0 Å². The van der Waals surface area contributed by atoms with Gasteiger partial charge in [0.05, 0.1) is 6.07 Å². The Labute approximate surface area is 97.5 Å². The minimum Gasteiger partial charge on any atom is -0.348 e. The van der Waals surface area contributed by atoms with Crippen LogP contribution >= 0.6 is 0 Å². The van der Waals surface area contributed by atoms with Crippen LogP contribution in [0.15, 0.2) is 34.7 Å². The fourth-order valence-corrected chi connectivity index (χ4v) is 1.93. The molecule has 3 nitrogen and oxygen atoms in total. The highest BCUT2D eigenvalue weighted by molar-refractivity contribution is 5.47. The summed E-state index contributed by atoms with van der Waals surface area (Å²) in [4.78, 5) is 2.17. The average molecular weight is 217 g/mol. The monoisotopic (exact) mass is 217 g/mol. The first-order valence-electron chi connectivity index (χ1n) is 5.61. The van der Waals surface area contributed by atoms with Crippen LogP contribution in [0.1, 0.15) is 27.2 Å². The largest absolute Gasteiger partial charge is 0.348 e. The fourth-order valence-electron chi connectivity index (χ4n) is 1.93. The molecule has 0 unspecified atom stereocenters. The molecule has 0 aliphatic carbocycles. The number of rotatable bonds is 3. The molecule has 0 bridgehead atoms. The summed E-state index contributed by atoms with van der Waals surface area (Å²) in [6.45, 7) is 7.57. The Morgan fingerprint density at radius 3 is 2.31 bits per heavy atom. The second-order valence-corrected chi connectivity index (χ2v) is 3.91. The summed E-state index contributed by atoms with van der Waals surface area (Å²) in [5, 5.41) is 9.02. The van der Waals surface area contributed by atoms with Crippen molar-refractivity contribution in [3.63, 3.8) is 0 Å². The molecule has 1 aliphatic heterocycles. The number of hydrogen-bond acceptors (Lipinski definition) is 3. The van der Waals surface area contributed by atoms with E-state index in [1.165, 1.54) is 0 Å². The molecule has 86 valence electrons.